The number of benzene rings is 2. The molecule has 0 bridgehead atoms. The number of carbonyl (C=O) groups excluding carboxylic acids is 2. The highest BCUT2D eigenvalue weighted by Crippen LogP contribution is 2.25. The zero-order valence-corrected chi connectivity index (χ0v) is 20.0. The van der Waals surface area contributed by atoms with Gasteiger partial charge in [-0.25, -0.2) is 0 Å². The van der Waals surface area contributed by atoms with Crippen molar-refractivity contribution in [2.45, 2.75) is 44.2 Å². The van der Waals surface area contributed by atoms with Gasteiger partial charge in [0.25, 0.3) is 0 Å². The zero-order chi connectivity index (χ0) is 22.1. The third-order valence-corrected chi connectivity index (χ3v) is 6.48. The average molecular weight is 488 g/mol. The maximum Gasteiger partial charge on any atom is 0.242 e. The van der Waals surface area contributed by atoms with Crippen molar-refractivity contribution < 1.29 is 9.59 Å². The van der Waals surface area contributed by atoms with Crippen molar-refractivity contribution in [1.29, 1.82) is 0 Å². The van der Waals surface area contributed by atoms with Crippen LogP contribution in [-0.2, 0) is 16.1 Å². The van der Waals surface area contributed by atoms with E-state index in [4.69, 9.17) is 34.8 Å². The lowest BCUT2D eigenvalue weighted by molar-refractivity contribution is -0.141. The molecule has 0 aromatic heterocycles. The molecule has 0 heterocycles. The molecule has 0 spiro atoms. The van der Waals surface area contributed by atoms with Crippen LogP contribution in [0, 0.1) is 0 Å². The first-order chi connectivity index (χ1) is 14.3. The topological polar surface area (TPSA) is 49.4 Å². The van der Waals surface area contributed by atoms with Crippen LogP contribution in [-0.4, -0.2) is 35.1 Å². The standard InChI is InChI=1S/C22H25Cl3N2O2S/c1-3-20(22(29)26-4-2)27(14-15-5-10-18(24)19(25)13-15)21(28)11-12-30-17-8-6-16(23)7-9-17/h5-10,13,20H,3-4,11-12,14H2,1-2H3,(H,26,29). The lowest BCUT2D eigenvalue weighted by Crippen LogP contribution is -2.49. The predicted molar refractivity (Wildman–Crippen MR) is 127 cm³/mol. The summed E-state index contributed by atoms with van der Waals surface area (Å²) in [4.78, 5) is 28.4. The van der Waals surface area contributed by atoms with Crippen molar-refractivity contribution >= 4 is 58.4 Å². The average Bonchev–Trinajstić information content (AvgIpc) is 2.72. The number of amides is 2. The molecule has 30 heavy (non-hydrogen) atoms. The van der Waals surface area contributed by atoms with Gasteiger partial charge in [0.1, 0.15) is 6.04 Å². The highest BCUT2D eigenvalue weighted by molar-refractivity contribution is 7.99. The van der Waals surface area contributed by atoms with E-state index in [-0.39, 0.29) is 18.4 Å². The van der Waals surface area contributed by atoms with Gasteiger partial charge in [-0.2, -0.15) is 0 Å². The quantitative estimate of drug-likeness (QED) is 0.414. The largest absolute Gasteiger partial charge is 0.355 e. The summed E-state index contributed by atoms with van der Waals surface area (Å²) in [6.45, 7) is 4.56. The van der Waals surface area contributed by atoms with E-state index >= 15 is 0 Å². The summed E-state index contributed by atoms with van der Waals surface area (Å²) in [6, 6.07) is 12.2. The smallest absolute Gasteiger partial charge is 0.242 e. The molecule has 1 atom stereocenters. The lowest BCUT2D eigenvalue weighted by atomic mass is 10.1. The van der Waals surface area contributed by atoms with Crippen LogP contribution in [0.25, 0.3) is 0 Å². The molecule has 8 heteroatoms. The molecule has 2 aromatic rings. The van der Waals surface area contributed by atoms with Crippen LogP contribution in [0.4, 0.5) is 0 Å². The second-order valence-corrected chi connectivity index (χ2v) is 9.06. The molecule has 4 nitrogen and oxygen atoms in total. The summed E-state index contributed by atoms with van der Waals surface area (Å²) in [7, 11) is 0. The fraction of sp³-hybridized carbons (Fsp3) is 0.364. The Morgan fingerprint density at radius 2 is 1.73 bits per heavy atom. The Morgan fingerprint density at radius 1 is 1.03 bits per heavy atom. The molecule has 2 amide bonds. The molecule has 0 fully saturated rings. The van der Waals surface area contributed by atoms with E-state index in [0.29, 0.717) is 40.2 Å². The maximum atomic E-state index is 13.1. The molecule has 0 aliphatic rings. The molecule has 0 radical (unpaired) electrons. The van der Waals surface area contributed by atoms with Gasteiger partial charge in [0.2, 0.25) is 11.8 Å². The predicted octanol–water partition coefficient (Wildman–Crippen LogP) is 6.07. The second-order valence-electron chi connectivity index (χ2n) is 6.64. The fourth-order valence-electron chi connectivity index (χ4n) is 2.98. The summed E-state index contributed by atoms with van der Waals surface area (Å²) in [5, 5.41) is 4.38. The molecular weight excluding hydrogens is 463 g/mol. The monoisotopic (exact) mass is 486 g/mol. The van der Waals surface area contributed by atoms with Gasteiger partial charge in [-0.3, -0.25) is 9.59 Å². The van der Waals surface area contributed by atoms with Gasteiger partial charge in [-0.05, 0) is 55.3 Å². The molecule has 2 aromatic carbocycles. The van der Waals surface area contributed by atoms with Crippen LogP contribution in [0.5, 0.6) is 0 Å². The molecule has 0 saturated heterocycles. The van der Waals surface area contributed by atoms with E-state index in [2.05, 4.69) is 5.32 Å². The zero-order valence-electron chi connectivity index (χ0n) is 17.0. The van der Waals surface area contributed by atoms with Crippen LogP contribution in [0.3, 0.4) is 0 Å². The molecule has 1 N–H and O–H groups in total. The first kappa shape index (κ1) is 24.9. The summed E-state index contributed by atoms with van der Waals surface area (Å²) in [5.41, 5.74) is 0.825. The van der Waals surface area contributed by atoms with Crippen LogP contribution in [0.15, 0.2) is 47.4 Å². The Kier molecular flexibility index (Phi) is 10.3. The molecule has 2 rings (SSSR count). The Morgan fingerprint density at radius 3 is 2.33 bits per heavy atom. The highest BCUT2D eigenvalue weighted by atomic mass is 35.5. The minimum Gasteiger partial charge on any atom is -0.355 e. The van der Waals surface area contributed by atoms with Crippen molar-refractivity contribution in [3.8, 4) is 0 Å². The Bertz CT molecular complexity index is 862. The SMILES string of the molecule is CCNC(=O)C(CC)N(Cc1ccc(Cl)c(Cl)c1)C(=O)CCSc1ccc(Cl)cc1. The molecule has 1 unspecified atom stereocenters. The molecule has 162 valence electrons. The number of thioether (sulfide) groups is 1. The number of hydrogen-bond acceptors (Lipinski definition) is 3. The lowest BCUT2D eigenvalue weighted by Gasteiger charge is -2.30. The van der Waals surface area contributed by atoms with E-state index in [0.717, 1.165) is 10.5 Å². The Balaban J connectivity index is 2.13. The Hall–Kier alpha value is -1.40. The third-order valence-electron chi connectivity index (χ3n) is 4.47. The third kappa shape index (κ3) is 7.38. The molecule has 0 aliphatic carbocycles. The van der Waals surface area contributed by atoms with Crippen molar-refractivity contribution in [1.82, 2.24) is 10.2 Å². The Labute approximate surface area is 197 Å². The molecule has 0 aliphatic heterocycles. The minimum atomic E-state index is -0.549. The van der Waals surface area contributed by atoms with Gasteiger partial charge in [-0.15, -0.1) is 11.8 Å². The number of carbonyl (C=O) groups is 2. The second kappa shape index (κ2) is 12.5. The number of rotatable bonds is 10. The van der Waals surface area contributed by atoms with E-state index in [1.807, 2.05) is 44.2 Å². The number of likely N-dealkylation sites (N-methyl/N-ethyl adjacent to an activating group) is 1. The normalized spacial score (nSPS) is 11.8. The number of hydrogen-bond donors (Lipinski definition) is 1. The minimum absolute atomic E-state index is 0.0827. The van der Waals surface area contributed by atoms with Crippen molar-refractivity contribution in [2.24, 2.45) is 0 Å². The van der Waals surface area contributed by atoms with E-state index in [1.54, 1.807) is 28.8 Å². The van der Waals surface area contributed by atoms with Gasteiger partial charge >= 0.3 is 0 Å². The summed E-state index contributed by atoms with van der Waals surface area (Å²) in [6.07, 6.45) is 0.827. The molecular formula is C22H25Cl3N2O2S. The number of nitrogens with zero attached hydrogens (tertiary/aromatic N) is 1. The first-order valence-electron chi connectivity index (χ1n) is 9.75. The van der Waals surface area contributed by atoms with Gasteiger partial charge in [-0.1, -0.05) is 47.8 Å². The van der Waals surface area contributed by atoms with E-state index in [9.17, 15) is 9.59 Å². The van der Waals surface area contributed by atoms with E-state index < -0.39 is 6.04 Å². The van der Waals surface area contributed by atoms with Gasteiger partial charge in [0.05, 0.1) is 10.0 Å². The van der Waals surface area contributed by atoms with Gasteiger partial charge in [0, 0.05) is 35.2 Å². The summed E-state index contributed by atoms with van der Waals surface area (Å²) >= 11 is 19.6. The summed E-state index contributed by atoms with van der Waals surface area (Å²) in [5.74, 6) is 0.365. The van der Waals surface area contributed by atoms with Crippen molar-refractivity contribution in [2.75, 3.05) is 12.3 Å². The van der Waals surface area contributed by atoms with Gasteiger partial charge < -0.3 is 10.2 Å². The van der Waals surface area contributed by atoms with Crippen molar-refractivity contribution in [3.63, 3.8) is 0 Å². The van der Waals surface area contributed by atoms with Crippen LogP contribution in [0.1, 0.15) is 32.3 Å². The number of nitrogens with one attached hydrogen (secondary N) is 1. The van der Waals surface area contributed by atoms with Crippen molar-refractivity contribution in [3.05, 3.63) is 63.1 Å². The maximum absolute atomic E-state index is 13.1. The highest BCUT2D eigenvalue weighted by Gasteiger charge is 2.28. The number of halogens is 3. The summed E-state index contributed by atoms with van der Waals surface area (Å²) < 4.78 is 0. The van der Waals surface area contributed by atoms with Crippen LogP contribution >= 0.6 is 46.6 Å². The van der Waals surface area contributed by atoms with Crippen LogP contribution < -0.4 is 5.32 Å². The van der Waals surface area contributed by atoms with Gasteiger partial charge in [0.15, 0.2) is 0 Å². The first-order valence-corrected chi connectivity index (χ1v) is 11.9. The fourth-order valence-corrected chi connectivity index (χ4v) is 4.26. The molecule has 0 saturated carbocycles. The van der Waals surface area contributed by atoms with Crippen LogP contribution in [0.2, 0.25) is 15.1 Å². The van der Waals surface area contributed by atoms with E-state index in [1.165, 1.54) is 0 Å².